The molecule has 86 valence electrons. The molecule has 17 heavy (non-hydrogen) atoms. The number of nitrogens with one attached hydrogen (secondary N) is 1. The first-order valence-electron chi connectivity index (χ1n) is 4.70. The summed E-state index contributed by atoms with van der Waals surface area (Å²) in [6.07, 6.45) is 2.30. The lowest BCUT2D eigenvalue weighted by molar-refractivity contribution is 0.102. The molecule has 4 nitrogen and oxygen atoms in total. The number of carbonyl (C=O) groups is 1. The maximum atomic E-state index is 13.2. The lowest BCUT2D eigenvalue weighted by Crippen LogP contribution is -2.15. The van der Waals surface area contributed by atoms with Crippen LogP contribution in [0.25, 0.3) is 0 Å². The normalized spacial score (nSPS) is 10.0. The van der Waals surface area contributed by atoms with Gasteiger partial charge in [0.25, 0.3) is 5.91 Å². The molecule has 0 saturated carbocycles. The van der Waals surface area contributed by atoms with Gasteiger partial charge in [0.05, 0.1) is 11.9 Å². The Kier molecular flexibility index (Phi) is 3.04. The van der Waals surface area contributed by atoms with Crippen LogP contribution in [-0.4, -0.2) is 15.9 Å². The summed E-state index contributed by atoms with van der Waals surface area (Å²) in [5, 5.41) is 2.27. The first kappa shape index (κ1) is 11.1. The third-order valence-electron chi connectivity index (χ3n) is 1.97. The van der Waals surface area contributed by atoms with Crippen LogP contribution < -0.4 is 5.32 Å². The monoisotopic (exact) mass is 235 g/mol. The van der Waals surface area contributed by atoms with E-state index in [1.54, 1.807) is 0 Å². The van der Waals surface area contributed by atoms with Crippen LogP contribution in [-0.2, 0) is 0 Å². The number of halogens is 2. The lowest BCUT2D eigenvalue weighted by Gasteiger charge is -2.04. The highest BCUT2D eigenvalue weighted by Gasteiger charge is 2.10. The van der Waals surface area contributed by atoms with Crippen LogP contribution in [0.1, 0.15) is 10.5 Å². The summed E-state index contributed by atoms with van der Waals surface area (Å²) in [5.74, 6) is -2.13. The highest BCUT2D eigenvalue weighted by molar-refractivity contribution is 6.02. The topological polar surface area (TPSA) is 54.9 Å². The zero-order chi connectivity index (χ0) is 12.3. The van der Waals surface area contributed by atoms with Crippen LogP contribution in [0.4, 0.5) is 14.5 Å². The van der Waals surface area contributed by atoms with Gasteiger partial charge in [0.1, 0.15) is 5.69 Å². The zero-order valence-corrected chi connectivity index (χ0v) is 8.52. The van der Waals surface area contributed by atoms with Gasteiger partial charge in [-0.15, -0.1) is 0 Å². The van der Waals surface area contributed by atoms with Crippen molar-refractivity contribution in [1.82, 2.24) is 9.97 Å². The quantitative estimate of drug-likeness (QED) is 0.810. The summed E-state index contributed by atoms with van der Waals surface area (Å²) in [4.78, 5) is 18.5. The highest BCUT2D eigenvalue weighted by atomic mass is 19.1. The molecule has 2 aromatic rings. The third-order valence-corrected chi connectivity index (χ3v) is 1.97. The molecular weight excluding hydrogens is 228 g/mol. The average Bonchev–Trinajstić information content (AvgIpc) is 2.32. The van der Waals surface area contributed by atoms with E-state index in [0.29, 0.717) is 0 Å². The van der Waals surface area contributed by atoms with Gasteiger partial charge in [0.15, 0.2) is 5.82 Å². The standard InChI is InChI=1S/C11H7F2N3O/c12-7-6-14-5-4-8(7)16-11(17)9-2-1-3-10(13)15-9/h1-6H,(H,14,16,17). The molecule has 0 aliphatic rings. The number of anilines is 1. The Bertz CT molecular complexity index is 560. The first-order chi connectivity index (χ1) is 8.16. The van der Waals surface area contributed by atoms with E-state index < -0.39 is 17.7 Å². The van der Waals surface area contributed by atoms with Gasteiger partial charge in [-0.25, -0.2) is 9.37 Å². The van der Waals surface area contributed by atoms with Crippen molar-refractivity contribution in [2.75, 3.05) is 5.32 Å². The Morgan fingerprint density at radius 3 is 2.76 bits per heavy atom. The van der Waals surface area contributed by atoms with Gasteiger partial charge in [-0.3, -0.25) is 9.78 Å². The SMILES string of the molecule is O=C(Nc1ccncc1F)c1cccc(F)n1. The molecule has 1 amide bonds. The van der Waals surface area contributed by atoms with Crippen LogP contribution in [0.3, 0.4) is 0 Å². The smallest absolute Gasteiger partial charge is 0.274 e. The third kappa shape index (κ3) is 2.60. The van der Waals surface area contributed by atoms with E-state index in [2.05, 4.69) is 15.3 Å². The predicted molar refractivity (Wildman–Crippen MR) is 56.3 cm³/mol. The molecule has 0 radical (unpaired) electrons. The minimum Gasteiger partial charge on any atom is -0.318 e. The molecule has 0 saturated heterocycles. The fraction of sp³-hybridized carbons (Fsp3) is 0. The summed E-state index contributed by atoms with van der Waals surface area (Å²) >= 11 is 0. The largest absolute Gasteiger partial charge is 0.318 e. The molecule has 0 aliphatic carbocycles. The van der Waals surface area contributed by atoms with Gasteiger partial charge in [-0.05, 0) is 18.2 Å². The van der Waals surface area contributed by atoms with Crippen LogP contribution in [0, 0.1) is 11.8 Å². The van der Waals surface area contributed by atoms with Crippen LogP contribution in [0.5, 0.6) is 0 Å². The maximum absolute atomic E-state index is 13.2. The fourth-order valence-electron chi connectivity index (χ4n) is 1.20. The van der Waals surface area contributed by atoms with Crippen molar-refractivity contribution in [3.8, 4) is 0 Å². The molecule has 2 aromatic heterocycles. The second-order valence-corrected chi connectivity index (χ2v) is 3.16. The number of hydrogen-bond acceptors (Lipinski definition) is 3. The number of pyridine rings is 2. The van der Waals surface area contributed by atoms with Crippen molar-refractivity contribution in [2.24, 2.45) is 0 Å². The fourth-order valence-corrected chi connectivity index (χ4v) is 1.20. The summed E-state index contributed by atoms with van der Waals surface area (Å²) in [5.41, 5.74) is -0.155. The molecule has 0 aromatic carbocycles. The molecule has 2 rings (SSSR count). The van der Waals surface area contributed by atoms with Gasteiger partial charge < -0.3 is 5.32 Å². The number of hydrogen-bond donors (Lipinski definition) is 1. The van der Waals surface area contributed by atoms with Crippen molar-refractivity contribution in [2.45, 2.75) is 0 Å². The molecule has 1 N–H and O–H groups in total. The van der Waals surface area contributed by atoms with E-state index in [4.69, 9.17) is 0 Å². The van der Waals surface area contributed by atoms with Gasteiger partial charge in [-0.1, -0.05) is 6.07 Å². The lowest BCUT2D eigenvalue weighted by atomic mass is 10.3. The Hall–Kier alpha value is -2.37. The van der Waals surface area contributed by atoms with Gasteiger partial charge in [-0.2, -0.15) is 4.39 Å². The summed E-state index contributed by atoms with van der Waals surface area (Å²) in [6, 6.07) is 5.09. The number of carbonyl (C=O) groups excluding carboxylic acids is 1. The van der Waals surface area contributed by atoms with Crippen LogP contribution in [0.2, 0.25) is 0 Å². The molecule has 0 aliphatic heterocycles. The molecule has 0 fully saturated rings. The van der Waals surface area contributed by atoms with E-state index in [1.807, 2.05) is 0 Å². The highest BCUT2D eigenvalue weighted by Crippen LogP contribution is 2.12. The Morgan fingerprint density at radius 1 is 1.24 bits per heavy atom. The Morgan fingerprint density at radius 2 is 2.06 bits per heavy atom. The molecule has 0 unspecified atom stereocenters. The number of nitrogens with zero attached hydrogens (tertiary/aromatic N) is 2. The minimum absolute atomic E-state index is 0.0314. The number of aromatic nitrogens is 2. The molecule has 0 spiro atoms. The summed E-state index contributed by atoms with van der Waals surface area (Å²) in [7, 11) is 0. The number of amides is 1. The van der Waals surface area contributed by atoms with Crippen LogP contribution >= 0.6 is 0 Å². The van der Waals surface area contributed by atoms with Gasteiger partial charge >= 0.3 is 0 Å². The Balaban J connectivity index is 2.20. The van der Waals surface area contributed by atoms with Gasteiger partial charge in [0.2, 0.25) is 5.95 Å². The van der Waals surface area contributed by atoms with E-state index in [-0.39, 0.29) is 11.4 Å². The maximum Gasteiger partial charge on any atom is 0.274 e. The predicted octanol–water partition coefficient (Wildman–Crippen LogP) is 2.01. The van der Waals surface area contributed by atoms with Crippen molar-refractivity contribution >= 4 is 11.6 Å². The number of rotatable bonds is 2. The van der Waals surface area contributed by atoms with E-state index in [1.165, 1.54) is 24.4 Å². The minimum atomic E-state index is -0.771. The van der Waals surface area contributed by atoms with Gasteiger partial charge in [0, 0.05) is 6.20 Å². The summed E-state index contributed by atoms with van der Waals surface area (Å²) in [6.45, 7) is 0. The zero-order valence-electron chi connectivity index (χ0n) is 8.52. The first-order valence-corrected chi connectivity index (χ1v) is 4.70. The molecule has 0 bridgehead atoms. The van der Waals surface area contributed by atoms with Crippen molar-refractivity contribution in [1.29, 1.82) is 0 Å². The van der Waals surface area contributed by atoms with Crippen molar-refractivity contribution < 1.29 is 13.6 Å². The van der Waals surface area contributed by atoms with Crippen molar-refractivity contribution in [3.05, 3.63) is 54.1 Å². The Labute approximate surface area is 95.3 Å². The van der Waals surface area contributed by atoms with Crippen molar-refractivity contribution in [3.63, 3.8) is 0 Å². The molecule has 0 atom stereocenters. The second kappa shape index (κ2) is 4.65. The van der Waals surface area contributed by atoms with E-state index in [9.17, 15) is 13.6 Å². The van der Waals surface area contributed by atoms with E-state index in [0.717, 1.165) is 12.3 Å². The average molecular weight is 235 g/mol. The summed E-state index contributed by atoms with van der Waals surface area (Å²) < 4.78 is 25.9. The molecule has 2 heterocycles. The molecule has 6 heteroatoms. The van der Waals surface area contributed by atoms with Crippen LogP contribution in [0.15, 0.2) is 36.7 Å². The molecular formula is C11H7F2N3O. The second-order valence-electron chi connectivity index (χ2n) is 3.16. The van der Waals surface area contributed by atoms with E-state index >= 15 is 0 Å².